The van der Waals surface area contributed by atoms with E-state index < -0.39 is 6.09 Å². The van der Waals surface area contributed by atoms with Crippen molar-refractivity contribution in [1.29, 1.82) is 0 Å². The maximum absolute atomic E-state index is 12.5. The summed E-state index contributed by atoms with van der Waals surface area (Å²) in [6.07, 6.45) is 5.61. The van der Waals surface area contributed by atoms with Crippen molar-refractivity contribution in [2.45, 2.75) is 44.4 Å². The molecule has 0 atom stereocenters. The van der Waals surface area contributed by atoms with Crippen LogP contribution in [0.25, 0.3) is 0 Å². The van der Waals surface area contributed by atoms with Crippen molar-refractivity contribution in [3.63, 3.8) is 0 Å². The van der Waals surface area contributed by atoms with Gasteiger partial charge in [0.15, 0.2) is 0 Å². The van der Waals surface area contributed by atoms with Crippen LogP contribution in [0.5, 0.6) is 5.88 Å². The minimum absolute atomic E-state index is 0.190. The Balaban J connectivity index is 1.34. The second-order valence-electron chi connectivity index (χ2n) is 9.08. The second kappa shape index (κ2) is 14.2. The van der Waals surface area contributed by atoms with Crippen molar-refractivity contribution in [2.24, 2.45) is 0 Å². The Morgan fingerprint density at radius 1 is 1.03 bits per heavy atom. The smallest absolute Gasteiger partial charge is 0.412 e. The molecule has 10 heteroatoms. The average Bonchev–Trinajstić information content (AvgIpc) is 3.33. The molecule has 0 bridgehead atoms. The number of hydrogen-bond acceptors (Lipinski definition) is 8. The minimum Gasteiger partial charge on any atom is -0.473 e. The molecular formula is C26H38N4O6. The molecule has 1 saturated carbocycles. The van der Waals surface area contributed by atoms with Crippen molar-refractivity contribution in [3.05, 3.63) is 42.1 Å². The number of nitrogens with zero attached hydrogens (tertiary/aromatic N) is 3. The molecule has 36 heavy (non-hydrogen) atoms. The lowest BCUT2D eigenvalue weighted by Gasteiger charge is -2.38. The molecule has 2 aliphatic rings. The highest BCUT2D eigenvalue weighted by atomic mass is 16.6. The standard InChI is InChI=1S/C26H38N4O6/c1-32-15-16-34-17-18-35-25-24(27-26(31)36-20-21-5-3-2-4-6-21)19-30(28-25)23-9-7-22(8-10-23)29-11-13-33-14-12-29/h2-6,19,22-23H,7-18,20H2,1H3,(H,27,31). The van der Waals surface area contributed by atoms with Crippen LogP contribution in [0, 0.1) is 0 Å². The number of methoxy groups -OCH3 is 1. The summed E-state index contributed by atoms with van der Waals surface area (Å²) in [5.74, 6) is 0.373. The van der Waals surface area contributed by atoms with Gasteiger partial charge in [-0.05, 0) is 31.2 Å². The summed E-state index contributed by atoms with van der Waals surface area (Å²) >= 11 is 0. The van der Waals surface area contributed by atoms with Crippen molar-refractivity contribution in [2.75, 3.05) is 65.2 Å². The van der Waals surface area contributed by atoms with Crippen LogP contribution in [0.1, 0.15) is 37.3 Å². The van der Waals surface area contributed by atoms with E-state index in [9.17, 15) is 4.79 Å². The van der Waals surface area contributed by atoms with Crippen LogP contribution in [-0.2, 0) is 25.6 Å². The number of rotatable bonds is 12. The number of carbonyl (C=O) groups excluding carboxylic acids is 1. The first-order valence-electron chi connectivity index (χ1n) is 12.8. The van der Waals surface area contributed by atoms with Crippen molar-refractivity contribution in [3.8, 4) is 5.88 Å². The highest BCUT2D eigenvalue weighted by Crippen LogP contribution is 2.34. The van der Waals surface area contributed by atoms with E-state index in [1.165, 1.54) is 0 Å². The van der Waals surface area contributed by atoms with Gasteiger partial charge < -0.3 is 23.7 Å². The summed E-state index contributed by atoms with van der Waals surface area (Å²) in [7, 11) is 1.63. The maximum atomic E-state index is 12.5. The second-order valence-corrected chi connectivity index (χ2v) is 9.08. The van der Waals surface area contributed by atoms with Crippen LogP contribution in [0.4, 0.5) is 10.5 Å². The van der Waals surface area contributed by atoms with E-state index in [0.29, 0.717) is 44.0 Å². The van der Waals surface area contributed by atoms with Crippen LogP contribution in [0.15, 0.2) is 36.5 Å². The molecule has 1 aliphatic heterocycles. The van der Waals surface area contributed by atoms with Gasteiger partial charge >= 0.3 is 6.09 Å². The first kappa shape index (κ1) is 26.4. The molecule has 2 fully saturated rings. The normalized spacial score (nSPS) is 20.7. The average molecular weight is 503 g/mol. The summed E-state index contributed by atoms with van der Waals surface area (Å²) in [4.78, 5) is 15.1. The molecule has 4 rings (SSSR count). The van der Waals surface area contributed by atoms with Crippen molar-refractivity contribution < 1.29 is 28.5 Å². The predicted octanol–water partition coefficient (Wildman–Crippen LogP) is 3.49. The largest absolute Gasteiger partial charge is 0.473 e. The molecule has 1 aromatic carbocycles. The van der Waals surface area contributed by atoms with Gasteiger partial charge in [-0.2, -0.15) is 0 Å². The zero-order valence-corrected chi connectivity index (χ0v) is 21.1. The molecule has 198 valence electrons. The molecule has 10 nitrogen and oxygen atoms in total. The van der Waals surface area contributed by atoms with Gasteiger partial charge in [0.2, 0.25) is 0 Å². The van der Waals surface area contributed by atoms with Gasteiger partial charge in [0.25, 0.3) is 5.88 Å². The third-order valence-electron chi connectivity index (χ3n) is 6.65. The monoisotopic (exact) mass is 502 g/mol. The SMILES string of the molecule is COCCOCCOc1nn(C2CCC(N3CCOCC3)CC2)cc1NC(=O)OCc1ccccc1. The molecule has 0 unspecified atom stereocenters. The quantitative estimate of drug-likeness (QED) is 0.441. The first-order chi connectivity index (χ1) is 17.7. The van der Waals surface area contributed by atoms with E-state index in [-0.39, 0.29) is 12.6 Å². The molecule has 2 heterocycles. The third-order valence-corrected chi connectivity index (χ3v) is 6.65. The van der Waals surface area contributed by atoms with Crippen LogP contribution in [-0.4, -0.2) is 86.7 Å². The number of hydrogen-bond donors (Lipinski definition) is 1. The number of carbonyl (C=O) groups is 1. The fourth-order valence-electron chi connectivity index (χ4n) is 4.70. The highest BCUT2D eigenvalue weighted by Gasteiger charge is 2.29. The Kier molecular flexibility index (Phi) is 10.4. The Morgan fingerprint density at radius 2 is 1.75 bits per heavy atom. The number of morpholine rings is 1. The summed E-state index contributed by atoms with van der Waals surface area (Å²) in [6.45, 7) is 5.61. The number of amides is 1. The van der Waals surface area contributed by atoms with E-state index in [0.717, 1.165) is 57.6 Å². The van der Waals surface area contributed by atoms with Gasteiger partial charge in [0, 0.05) is 26.2 Å². The van der Waals surface area contributed by atoms with Crippen molar-refractivity contribution in [1.82, 2.24) is 14.7 Å². The van der Waals surface area contributed by atoms with Crippen LogP contribution < -0.4 is 10.1 Å². The van der Waals surface area contributed by atoms with Gasteiger partial charge in [-0.15, -0.1) is 5.10 Å². The number of ether oxygens (including phenoxy) is 5. The van der Waals surface area contributed by atoms with E-state index in [1.54, 1.807) is 7.11 Å². The zero-order chi connectivity index (χ0) is 25.0. The van der Waals surface area contributed by atoms with E-state index in [4.69, 9.17) is 23.7 Å². The van der Waals surface area contributed by atoms with E-state index in [1.807, 2.05) is 41.2 Å². The lowest BCUT2D eigenvalue weighted by Crippen LogP contribution is -2.45. The number of anilines is 1. The van der Waals surface area contributed by atoms with Crippen LogP contribution in [0.3, 0.4) is 0 Å². The number of nitrogens with one attached hydrogen (secondary N) is 1. The molecule has 1 N–H and O–H groups in total. The molecular weight excluding hydrogens is 464 g/mol. The van der Waals surface area contributed by atoms with Gasteiger partial charge in [0.05, 0.1) is 45.3 Å². The molecule has 1 saturated heterocycles. The molecule has 1 aliphatic carbocycles. The zero-order valence-electron chi connectivity index (χ0n) is 21.1. The number of aromatic nitrogens is 2. The molecule has 1 aromatic heterocycles. The number of benzene rings is 1. The van der Waals surface area contributed by atoms with Gasteiger partial charge in [-0.25, -0.2) is 4.79 Å². The molecule has 0 spiro atoms. The maximum Gasteiger partial charge on any atom is 0.412 e. The lowest BCUT2D eigenvalue weighted by atomic mass is 9.90. The van der Waals surface area contributed by atoms with Crippen LogP contribution in [0.2, 0.25) is 0 Å². The van der Waals surface area contributed by atoms with Gasteiger partial charge in [-0.3, -0.25) is 14.9 Å². The summed E-state index contributed by atoms with van der Waals surface area (Å²) < 4.78 is 29.2. The van der Waals surface area contributed by atoms with Crippen molar-refractivity contribution >= 4 is 11.8 Å². The third kappa shape index (κ3) is 7.92. The fraction of sp³-hybridized carbons (Fsp3) is 0.615. The Bertz CT molecular complexity index is 910. The Morgan fingerprint density at radius 3 is 2.50 bits per heavy atom. The molecule has 2 aromatic rings. The molecule has 0 radical (unpaired) electrons. The molecule has 1 amide bonds. The summed E-state index contributed by atoms with van der Waals surface area (Å²) in [6, 6.07) is 10.4. The van der Waals surface area contributed by atoms with Gasteiger partial charge in [-0.1, -0.05) is 30.3 Å². The predicted molar refractivity (Wildman–Crippen MR) is 134 cm³/mol. The fourth-order valence-corrected chi connectivity index (χ4v) is 4.70. The lowest BCUT2D eigenvalue weighted by molar-refractivity contribution is 0.00501. The highest BCUT2D eigenvalue weighted by molar-refractivity contribution is 5.86. The van der Waals surface area contributed by atoms with Gasteiger partial charge in [0.1, 0.15) is 18.9 Å². The first-order valence-corrected chi connectivity index (χ1v) is 12.8. The summed E-state index contributed by atoms with van der Waals surface area (Å²) in [5, 5.41) is 7.50. The van der Waals surface area contributed by atoms with E-state index >= 15 is 0 Å². The Labute approximate surface area is 212 Å². The summed E-state index contributed by atoms with van der Waals surface area (Å²) in [5.41, 5.74) is 1.42. The van der Waals surface area contributed by atoms with E-state index in [2.05, 4.69) is 15.3 Å². The Hall–Kier alpha value is -2.66. The van der Waals surface area contributed by atoms with Crippen LogP contribution >= 0.6 is 0 Å². The topological polar surface area (TPSA) is 96.3 Å². The minimum atomic E-state index is -0.546.